The van der Waals surface area contributed by atoms with E-state index in [0.717, 1.165) is 16.9 Å². The molecule has 1 amide bonds. The summed E-state index contributed by atoms with van der Waals surface area (Å²) >= 11 is 0. The van der Waals surface area contributed by atoms with Crippen molar-refractivity contribution in [1.29, 1.82) is 0 Å². The molecule has 0 spiro atoms. The third-order valence-corrected chi connectivity index (χ3v) is 5.50. The molecule has 0 saturated carbocycles. The summed E-state index contributed by atoms with van der Waals surface area (Å²) in [7, 11) is 3.42. The Morgan fingerprint density at radius 2 is 1.91 bits per heavy atom. The third-order valence-electron chi connectivity index (χ3n) is 5.50. The smallest absolute Gasteiger partial charge is 0.278 e. The molecule has 0 aliphatic carbocycles. The summed E-state index contributed by atoms with van der Waals surface area (Å²) in [5.41, 5.74) is 4.40. The van der Waals surface area contributed by atoms with E-state index in [-0.39, 0.29) is 18.0 Å². The predicted octanol–water partition coefficient (Wildman–Crippen LogP) is 4.17. The van der Waals surface area contributed by atoms with E-state index in [9.17, 15) is 9.59 Å². The van der Waals surface area contributed by atoms with Gasteiger partial charge in [-0.15, -0.1) is 0 Å². The molecule has 0 aliphatic heterocycles. The van der Waals surface area contributed by atoms with Crippen molar-refractivity contribution in [2.45, 2.75) is 26.3 Å². The van der Waals surface area contributed by atoms with E-state index in [4.69, 9.17) is 4.74 Å². The van der Waals surface area contributed by atoms with Gasteiger partial charge in [-0.2, -0.15) is 0 Å². The van der Waals surface area contributed by atoms with Crippen LogP contribution in [-0.2, 0) is 18.4 Å². The van der Waals surface area contributed by atoms with Crippen LogP contribution in [0.3, 0.4) is 0 Å². The zero-order valence-corrected chi connectivity index (χ0v) is 18.6. The Balaban J connectivity index is 1.60. The van der Waals surface area contributed by atoms with Gasteiger partial charge >= 0.3 is 0 Å². The van der Waals surface area contributed by atoms with Gasteiger partial charge in [0.1, 0.15) is 23.3 Å². The summed E-state index contributed by atoms with van der Waals surface area (Å²) in [5, 5.41) is 2.84. The number of rotatable bonds is 6. The molecule has 1 N–H and O–H groups in total. The number of amides is 1. The van der Waals surface area contributed by atoms with E-state index in [1.165, 1.54) is 16.5 Å². The van der Waals surface area contributed by atoms with E-state index >= 15 is 0 Å². The van der Waals surface area contributed by atoms with Crippen molar-refractivity contribution >= 4 is 22.6 Å². The van der Waals surface area contributed by atoms with Crippen LogP contribution in [0.25, 0.3) is 22.2 Å². The second-order valence-electron chi connectivity index (χ2n) is 8.09. The monoisotopic (exact) mass is 430 g/mol. The summed E-state index contributed by atoms with van der Waals surface area (Å²) in [6.07, 6.45) is 3.30. The maximum absolute atomic E-state index is 13.1. The molecule has 4 rings (SSSR count). The predicted molar refractivity (Wildman–Crippen MR) is 126 cm³/mol. The van der Waals surface area contributed by atoms with Crippen molar-refractivity contribution in [1.82, 2.24) is 14.1 Å². The fraction of sp³-hybridized carbons (Fsp3) is 0.240. The third kappa shape index (κ3) is 4.14. The van der Waals surface area contributed by atoms with Gasteiger partial charge in [-0.1, -0.05) is 38.1 Å². The molecule has 0 unspecified atom stereocenters. The number of methoxy groups -OCH3 is 1. The maximum atomic E-state index is 13.1. The lowest BCUT2D eigenvalue weighted by Crippen LogP contribution is -2.28. The normalized spacial score (nSPS) is 11.2. The van der Waals surface area contributed by atoms with E-state index in [0.29, 0.717) is 22.6 Å². The molecule has 7 heteroatoms. The minimum atomic E-state index is -0.284. The highest BCUT2D eigenvalue weighted by molar-refractivity contribution is 5.93. The van der Waals surface area contributed by atoms with Gasteiger partial charge in [0.05, 0.1) is 13.4 Å². The average Bonchev–Trinajstić information content (AvgIpc) is 3.13. The number of nitrogens with zero attached hydrogens (tertiary/aromatic N) is 3. The molecule has 0 bridgehead atoms. The number of aromatic nitrogens is 3. The van der Waals surface area contributed by atoms with Crippen molar-refractivity contribution < 1.29 is 9.53 Å². The second kappa shape index (κ2) is 8.70. The number of aryl methyl sites for hydroxylation is 1. The lowest BCUT2D eigenvalue weighted by molar-refractivity contribution is -0.116. The highest BCUT2D eigenvalue weighted by atomic mass is 16.5. The van der Waals surface area contributed by atoms with Gasteiger partial charge in [0, 0.05) is 24.5 Å². The van der Waals surface area contributed by atoms with Gasteiger partial charge in [-0.05, 0) is 41.3 Å². The Hall–Kier alpha value is -3.87. The lowest BCUT2D eigenvalue weighted by Gasteiger charge is -2.10. The first-order valence-electron chi connectivity index (χ1n) is 10.5. The zero-order chi connectivity index (χ0) is 22.8. The largest absolute Gasteiger partial charge is 0.497 e. The number of carbonyl (C=O) groups excluding carboxylic acids is 1. The van der Waals surface area contributed by atoms with Crippen LogP contribution in [0.15, 0.2) is 65.8 Å². The van der Waals surface area contributed by atoms with E-state index in [1.54, 1.807) is 18.7 Å². The van der Waals surface area contributed by atoms with Gasteiger partial charge in [0.2, 0.25) is 5.91 Å². The second-order valence-corrected chi connectivity index (χ2v) is 8.09. The Morgan fingerprint density at radius 3 is 2.59 bits per heavy atom. The molecule has 0 fully saturated rings. The molecule has 2 aromatic carbocycles. The zero-order valence-electron chi connectivity index (χ0n) is 18.6. The molecule has 32 heavy (non-hydrogen) atoms. The van der Waals surface area contributed by atoms with Gasteiger partial charge in [0.25, 0.3) is 5.56 Å². The van der Waals surface area contributed by atoms with E-state index < -0.39 is 0 Å². The molecule has 2 heterocycles. The van der Waals surface area contributed by atoms with Crippen LogP contribution in [0, 0.1) is 0 Å². The standard InChI is InChI=1S/C25H26N4O3/c1-16(2)17-8-10-19(11-9-17)27-22(30)14-29-15-26-23-21(13-28(3)24(23)25(29)31)18-6-5-7-20(12-18)32-4/h5-13,15-16H,14H2,1-4H3,(H,27,30). The van der Waals surface area contributed by atoms with Crippen LogP contribution in [0.4, 0.5) is 5.69 Å². The first-order valence-corrected chi connectivity index (χ1v) is 10.5. The molecule has 4 aromatic rings. The van der Waals surface area contributed by atoms with Crippen molar-refractivity contribution in [3.63, 3.8) is 0 Å². The molecule has 0 saturated heterocycles. The SMILES string of the molecule is COc1cccc(-c2cn(C)c3c(=O)n(CC(=O)Nc4ccc(C(C)C)cc4)cnc23)c1. The summed E-state index contributed by atoms with van der Waals surface area (Å²) in [6, 6.07) is 15.3. The number of carbonyl (C=O) groups is 1. The van der Waals surface area contributed by atoms with Crippen LogP contribution < -0.4 is 15.6 Å². The maximum Gasteiger partial charge on any atom is 0.278 e. The van der Waals surface area contributed by atoms with Crippen LogP contribution in [0.2, 0.25) is 0 Å². The molecule has 7 nitrogen and oxygen atoms in total. The van der Waals surface area contributed by atoms with Crippen molar-refractivity contribution in [2.75, 3.05) is 12.4 Å². The molecule has 0 aliphatic rings. The summed E-state index contributed by atoms with van der Waals surface area (Å²) in [4.78, 5) is 30.2. The summed E-state index contributed by atoms with van der Waals surface area (Å²) in [5.74, 6) is 0.863. The molecule has 2 aromatic heterocycles. The quantitative estimate of drug-likeness (QED) is 0.498. The van der Waals surface area contributed by atoms with Crippen LogP contribution in [-0.4, -0.2) is 27.1 Å². The Labute approximate surface area is 186 Å². The fourth-order valence-corrected chi connectivity index (χ4v) is 3.73. The minimum Gasteiger partial charge on any atom is -0.497 e. The van der Waals surface area contributed by atoms with Crippen molar-refractivity contribution in [2.24, 2.45) is 7.05 Å². The van der Waals surface area contributed by atoms with Gasteiger partial charge in [-0.3, -0.25) is 14.2 Å². The van der Waals surface area contributed by atoms with Crippen molar-refractivity contribution in [3.05, 3.63) is 77.0 Å². The van der Waals surface area contributed by atoms with E-state index in [2.05, 4.69) is 24.1 Å². The highest BCUT2D eigenvalue weighted by Gasteiger charge is 2.16. The van der Waals surface area contributed by atoms with Gasteiger partial charge in [-0.25, -0.2) is 4.98 Å². The lowest BCUT2D eigenvalue weighted by atomic mass is 10.0. The summed E-state index contributed by atoms with van der Waals surface area (Å²) in [6.45, 7) is 4.12. The number of anilines is 1. The van der Waals surface area contributed by atoms with E-state index in [1.807, 2.05) is 54.7 Å². The minimum absolute atomic E-state index is 0.118. The number of ether oxygens (including phenoxy) is 1. The molecular weight excluding hydrogens is 404 g/mol. The first kappa shape index (κ1) is 21.4. The van der Waals surface area contributed by atoms with Crippen LogP contribution in [0.1, 0.15) is 25.3 Å². The van der Waals surface area contributed by atoms with Gasteiger partial charge in [0.15, 0.2) is 0 Å². The Bertz CT molecular complexity index is 1330. The van der Waals surface area contributed by atoms with Gasteiger partial charge < -0.3 is 14.6 Å². The molecule has 0 radical (unpaired) electrons. The average molecular weight is 431 g/mol. The topological polar surface area (TPSA) is 78.1 Å². The molecule has 0 atom stereocenters. The Morgan fingerprint density at radius 1 is 1.16 bits per heavy atom. The number of hydrogen-bond donors (Lipinski definition) is 1. The number of nitrogens with one attached hydrogen (secondary N) is 1. The van der Waals surface area contributed by atoms with Crippen molar-refractivity contribution in [3.8, 4) is 16.9 Å². The van der Waals surface area contributed by atoms with Crippen LogP contribution in [0.5, 0.6) is 5.75 Å². The number of fused-ring (bicyclic) bond motifs is 1. The Kier molecular flexibility index (Phi) is 5.81. The summed E-state index contributed by atoms with van der Waals surface area (Å²) < 4.78 is 8.39. The fourth-order valence-electron chi connectivity index (χ4n) is 3.73. The first-order chi connectivity index (χ1) is 15.4. The number of benzene rings is 2. The molecule has 164 valence electrons. The highest BCUT2D eigenvalue weighted by Crippen LogP contribution is 2.29. The molecular formula is C25H26N4O3. The van der Waals surface area contributed by atoms with Crippen LogP contribution >= 0.6 is 0 Å². The number of hydrogen-bond acceptors (Lipinski definition) is 4.